The van der Waals surface area contributed by atoms with Gasteiger partial charge in [0.25, 0.3) is 0 Å². The summed E-state index contributed by atoms with van der Waals surface area (Å²) in [6, 6.07) is 0. The van der Waals surface area contributed by atoms with Crippen LogP contribution in [0.1, 0.15) is 33.6 Å². The van der Waals surface area contributed by atoms with Crippen molar-refractivity contribution in [2.45, 2.75) is 38.4 Å². The van der Waals surface area contributed by atoms with Gasteiger partial charge in [-0.15, -0.1) is 0 Å². The van der Waals surface area contributed by atoms with Gasteiger partial charge in [-0.25, -0.2) is 0 Å². The maximum Gasteiger partial charge on any atom is 0.0276 e. The second-order valence-electron chi connectivity index (χ2n) is 3.47. The molecule has 0 aliphatic carbocycles. The minimum atomic E-state index is 0.469. The van der Waals surface area contributed by atoms with Gasteiger partial charge in [0.2, 0.25) is 0 Å². The zero-order valence-corrected chi connectivity index (χ0v) is 11.7. The van der Waals surface area contributed by atoms with Crippen LogP contribution in [-0.2, 0) is 0 Å². The lowest BCUT2D eigenvalue weighted by Crippen LogP contribution is -2.37. The molecule has 0 heterocycles. The molecule has 0 atom stereocenters. The average molecular weight is 235 g/mol. The predicted octanol–water partition coefficient (Wildman–Crippen LogP) is 3.25. The fraction of sp³-hybridized carbons (Fsp3) is 1.00. The molecule has 0 aliphatic rings. The van der Waals surface area contributed by atoms with Crippen LogP contribution in [-0.4, -0.2) is 35.6 Å². The van der Waals surface area contributed by atoms with Crippen LogP contribution in [0.2, 0.25) is 0 Å². The third-order valence-corrected chi connectivity index (χ3v) is 5.28. The van der Waals surface area contributed by atoms with E-state index in [1.54, 1.807) is 0 Å². The van der Waals surface area contributed by atoms with Crippen molar-refractivity contribution in [1.29, 1.82) is 0 Å². The molecule has 0 aromatic carbocycles. The monoisotopic (exact) mass is 235 g/mol. The molecule has 0 amide bonds. The lowest BCUT2D eigenvalue weighted by atomic mass is 10.0. The van der Waals surface area contributed by atoms with Crippen molar-refractivity contribution in [1.82, 2.24) is 5.32 Å². The second kappa shape index (κ2) is 8.93. The van der Waals surface area contributed by atoms with Gasteiger partial charge in [-0.3, -0.25) is 0 Å². The van der Waals surface area contributed by atoms with Crippen LogP contribution >= 0.6 is 23.5 Å². The number of nitrogens with one attached hydrogen (secondary N) is 1. The first-order valence-corrected chi connectivity index (χ1v) is 7.96. The number of thioether (sulfide) groups is 2. The van der Waals surface area contributed by atoms with E-state index in [4.69, 9.17) is 0 Å². The number of rotatable bonds is 9. The highest BCUT2D eigenvalue weighted by Gasteiger charge is 2.23. The Kier molecular flexibility index (Phi) is 9.35. The Morgan fingerprint density at radius 3 is 2.21 bits per heavy atom. The summed E-state index contributed by atoms with van der Waals surface area (Å²) in [4.78, 5) is 0. The van der Waals surface area contributed by atoms with Crippen molar-refractivity contribution in [3.8, 4) is 0 Å². The molecule has 0 aliphatic heterocycles. The molecular formula is C11H25NS2. The van der Waals surface area contributed by atoms with Crippen molar-refractivity contribution < 1.29 is 0 Å². The molecule has 0 aromatic rings. The number of hydrogen-bond donors (Lipinski definition) is 1. The predicted molar refractivity (Wildman–Crippen MR) is 72.7 cm³/mol. The van der Waals surface area contributed by atoms with Crippen LogP contribution in [0.25, 0.3) is 0 Å². The largest absolute Gasteiger partial charge is 0.315 e. The van der Waals surface area contributed by atoms with Gasteiger partial charge in [-0.2, -0.15) is 23.5 Å². The third kappa shape index (κ3) is 5.52. The Bertz CT molecular complexity index is 116. The van der Waals surface area contributed by atoms with Crippen molar-refractivity contribution >= 4 is 23.5 Å². The summed E-state index contributed by atoms with van der Waals surface area (Å²) in [5.41, 5.74) is 0. The molecule has 1 nitrogen and oxygen atoms in total. The van der Waals surface area contributed by atoms with E-state index in [2.05, 4.69) is 32.3 Å². The third-order valence-electron chi connectivity index (χ3n) is 2.80. The molecular weight excluding hydrogens is 210 g/mol. The normalized spacial score (nSPS) is 12.0. The van der Waals surface area contributed by atoms with Gasteiger partial charge < -0.3 is 5.32 Å². The van der Waals surface area contributed by atoms with Crippen molar-refractivity contribution in [2.75, 3.05) is 30.9 Å². The zero-order chi connectivity index (χ0) is 10.9. The Balaban J connectivity index is 3.61. The van der Waals surface area contributed by atoms with E-state index in [0.717, 1.165) is 13.1 Å². The van der Waals surface area contributed by atoms with Crippen LogP contribution in [0.3, 0.4) is 0 Å². The highest BCUT2D eigenvalue weighted by Crippen LogP contribution is 2.29. The molecule has 0 aromatic heterocycles. The standard InChI is InChI=1S/C11H25NS2/c1-5-11(6-2,13-4)10-12-8-9-14-7-3/h12H,5-10H2,1-4H3. The van der Waals surface area contributed by atoms with Crippen LogP contribution in [0.5, 0.6) is 0 Å². The minimum Gasteiger partial charge on any atom is -0.315 e. The van der Waals surface area contributed by atoms with Crippen molar-refractivity contribution in [3.63, 3.8) is 0 Å². The summed E-state index contributed by atoms with van der Waals surface area (Å²) >= 11 is 4.02. The lowest BCUT2D eigenvalue weighted by molar-refractivity contribution is 0.504. The molecule has 3 heteroatoms. The summed E-state index contributed by atoms with van der Waals surface area (Å²) in [6.45, 7) is 9.12. The molecule has 1 N–H and O–H groups in total. The van der Waals surface area contributed by atoms with E-state index in [1.807, 2.05) is 23.5 Å². The summed E-state index contributed by atoms with van der Waals surface area (Å²) in [6.07, 6.45) is 4.76. The highest BCUT2D eigenvalue weighted by atomic mass is 32.2. The Hall–Kier alpha value is 0.660. The first-order chi connectivity index (χ1) is 6.74. The van der Waals surface area contributed by atoms with Gasteiger partial charge in [-0.05, 0) is 24.9 Å². The van der Waals surface area contributed by atoms with Gasteiger partial charge in [0, 0.05) is 23.6 Å². The average Bonchev–Trinajstić information content (AvgIpc) is 2.24. The molecule has 0 radical (unpaired) electrons. The fourth-order valence-corrected chi connectivity index (χ4v) is 2.87. The molecule has 0 fully saturated rings. The van der Waals surface area contributed by atoms with Gasteiger partial charge in [0.05, 0.1) is 0 Å². The first-order valence-electron chi connectivity index (χ1n) is 5.58. The van der Waals surface area contributed by atoms with Crippen LogP contribution in [0.4, 0.5) is 0 Å². The molecule has 0 spiro atoms. The lowest BCUT2D eigenvalue weighted by Gasteiger charge is -2.29. The molecule has 0 unspecified atom stereocenters. The fourth-order valence-electron chi connectivity index (χ4n) is 1.47. The van der Waals surface area contributed by atoms with Gasteiger partial charge in [-0.1, -0.05) is 20.8 Å². The maximum absolute atomic E-state index is 3.57. The first kappa shape index (κ1) is 14.7. The molecule has 0 saturated carbocycles. The zero-order valence-electron chi connectivity index (χ0n) is 10.1. The van der Waals surface area contributed by atoms with Gasteiger partial charge in [0.1, 0.15) is 0 Å². The van der Waals surface area contributed by atoms with Gasteiger partial charge >= 0.3 is 0 Å². The summed E-state index contributed by atoms with van der Waals surface area (Å²) in [5.74, 6) is 2.48. The Morgan fingerprint density at radius 1 is 1.14 bits per heavy atom. The van der Waals surface area contributed by atoms with Crippen LogP contribution < -0.4 is 5.32 Å². The van der Waals surface area contributed by atoms with E-state index in [-0.39, 0.29) is 0 Å². The topological polar surface area (TPSA) is 12.0 Å². The van der Waals surface area contributed by atoms with E-state index in [1.165, 1.54) is 24.3 Å². The van der Waals surface area contributed by atoms with Crippen LogP contribution in [0.15, 0.2) is 0 Å². The minimum absolute atomic E-state index is 0.469. The van der Waals surface area contributed by atoms with Crippen LogP contribution in [0, 0.1) is 0 Å². The SMILES string of the molecule is CCSCCNCC(CC)(CC)SC. The molecule has 86 valence electrons. The van der Waals surface area contributed by atoms with E-state index >= 15 is 0 Å². The Morgan fingerprint density at radius 2 is 1.79 bits per heavy atom. The summed E-state index contributed by atoms with van der Waals surface area (Å²) < 4.78 is 0.469. The van der Waals surface area contributed by atoms with Crippen molar-refractivity contribution in [2.24, 2.45) is 0 Å². The van der Waals surface area contributed by atoms with E-state index < -0.39 is 0 Å². The van der Waals surface area contributed by atoms with Crippen molar-refractivity contribution in [3.05, 3.63) is 0 Å². The molecule has 0 rings (SSSR count). The number of hydrogen-bond acceptors (Lipinski definition) is 3. The van der Waals surface area contributed by atoms with E-state index in [9.17, 15) is 0 Å². The van der Waals surface area contributed by atoms with Gasteiger partial charge in [0.15, 0.2) is 0 Å². The summed E-state index contributed by atoms with van der Waals surface area (Å²) in [5, 5.41) is 3.57. The maximum atomic E-state index is 3.57. The second-order valence-corrected chi connectivity index (χ2v) is 6.14. The summed E-state index contributed by atoms with van der Waals surface area (Å²) in [7, 11) is 0. The quantitative estimate of drug-likeness (QED) is 0.616. The smallest absolute Gasteiger partial charge is 0.0276 e. The highest BCUT2D eigenvalue weighted by molar-refractivity contribution is 8.00. The molecule has 14 heavy (non-hydrogen) atoms. The Labute approximate surface area is 98.2 Å². The van der Waals surface area contributed by atoms with E-state index in [0.29, 0.717) is 4.75 Å². The molecule has 0 bridgehead atoms. The molecule has 0 saturated heterocycles.